The Bertz CT molecular complexity index is 439. The second-order valence-electron chi connectivity index (χ2n) is 3.32. The summed E-state index contributed by atoms with van der Waals surface area (Å²) < 4.78 is 5.30. The van der Waals surface area contributed by atoms with Crippen molar-refractivity contribution in [1.82, 2.24) is 0 Å². The molecule has 0 bridgehead atoms. The third-order valence-corrected chi connectivity index (χ3v) is 3.32. The fourth-order valence-corrected chi connectivity index (χ4v) is 2.34. The first-order chi connectivity index (χ1) is 7.90. The summed E-state index contributed by atoms with van der Waals surface area (Å²) in [5, 5.41) is 1.19. The summed E-state index contributed by atoms with van der Waals surface area (Å²) in [4.78, 5) is 0. The molecule has 1 unspecified atom stereocenters. The SMILES string of the molecule is COc1ccccc1P[C]c1ccccc1. The Kier molecular flexibility index (Phi) is 3.96. The number of ether oxygens (including phenoxy) is 1. The number of benzene rings is 2. The van der Waals surface area contributed by atoms with Gasteiger partial charge in [-0.15, -0.1) is 0 Å². The molecule has 0 amide bonds. The normalized spacial score (nSPS) is 10.8. The van der Waals surface area contributed by atoms with Crippen LogP contribution in [-0.2, 0) is 0 Å². The van der Waals surface area contributed by atoms with Crippen molar-refractivity contribution in [2.75, 3.05) is 7.11 Å². The zero-order valence-corrected chi connectivity index (χ0v) is 10.1. The number of hydrogen-bond donors (Lipinski definition) is 0. The van der Waals surface area contributed by atoms with Gasteiger partial charge in [0, 0.05) is 11.5 Å². The first kappa shape index (κ1) is 11.2. The third-order valence-electron chi connectivity index (χ3n) is 2.22. The van der Waals surface area contributed by atoms with E-state index in [-0.39, 0.29) is 0 Å². The number of methoxy groups -OCH3 is 1. The van der Waals surface area contributed by atoms with Gasteiger partial charge in [0.25, 0.3) is 0 Å². The van der Waals surface area contributed by atoms with Gasteiger partial charge in [0.15, 0.2) is 0 Å². The molecular formula is C14H13OP. The summed E-state index contributed by atoms with van der Waals surface area (Å²) in [6.07, 6.45) is 3.38. The summed E-state index contributed by atoms with van der Waals surface area (Å²) >= 11 is 0. The lowest BCUT2D eigenvalue weighted by Crippen LogP contribution is -1.99. The molecule has 2 rings (SSSR count). The van der Waals surface area contributed by atoms with Crippen molar-refractivity contribution in [3.63, 3.8) is 0 Å². The Morgan fingerprint density at radius 3 is 2.38 bits per heavy atom. The zero-order chi connectivity index (χ0) is 11.2. The second kappa shape index (κ2) is 5.67. The van der Waals surface area contributed by atoms with Crippen molar-refractivity contribution in [3.8, 4) is 5.75 Å². The fraction of sp³-hybridized carbons (Fsp3) is 0.0714. The lowest BCUT2D eigenvalue weighted by atomic mass is 10.2. The fourth-order valence-electron chi connectivity index (χ4n) is 1.41. The molecule has 1 nitrogen and oxygen atoms in total. The molecule has 1 atom stereocenters. The van der Waals surface area contributed by atoms with E-state index in [9.17, 15) is 0 Å². The molecule has 0 aliphatic heterocycles. The van der Waals surface area contributed by atoms with Crippen LogP contribution in [0.25, 0.3) is 0 Å². The minimum atomic E-state index is 0.513. The summed E-state index contributed by atoms with van der Waals surface area (Å²) in [7, 11) is 2.21. The molecule has 2 aromatic rings. The van der Waals surface area contributed by atoms with Crippen LogP contribution in [0.5, 0.6) is 5.75 Å². The van der Waals surface area contributed by atoms with Gasteiger partial charge >= 0.3 is 0 Å². The molecule has 0 N–H and O–H groups in total. The topological polar surface area (TPSA) is 9.23 Å². The highest BCUT2D eigenvalue weighted by molar-refractivity contribution is 7.50. The largest absolute Gasteiger partial charge is 0.496 e. The van der Waals surface area contributed by atoms with Gasteiger partial charge in [0.05, 0.1) is 7.11 Å². The maximum absolute atomic E-state index is 5.30. The highest BCUT2D eigenvalue weighted by Crippen LogP contribution is 2.25. The molecule has 0 heterocycles. The average molecular weight is 228 g/mol. The van der Waals surface area contributed by atoms with E-state index in [1.807, 2.05) is 36.4 Å². The van der Waals surface area contributed by atoms with E-state index in [0.29, 0.717) is 8.58 Å². The van der Waals surface area contributed by atoms with Crippen LogP contribution in [0.3, 0.4) is 0 Å². The van der Waals surface area contributed by atoms with Crippen LogP contribution in [0.1, 0.15) is 5.56 Å². The molecule has 0 aromatic heterocycles. The van der Waals surface area contributed by atoms with Gasteiger partial charge in [-0.3, -0.25) is 0 Å². The number of para-hydroxylation sites is 1. The van der Waals surface area contributed by atoms with E-state index < -0.39 is 0 Å². The van der Waals surface area contributed by atoms with Crippen molar-refractivity contribution < 1.29 is 4.74 Å². The predicted octanol–water partition coefficient (Wildman–Crippen LogP) is 3.09. The minimum Gasteiger partial charge on any atom is -0.496 e. The third kappa shape index (κ3) is 2.84. The molecule has 80 valence electrons. The van der Waals surface area contributed by atoms with Crippen LogP contribution in [0.2, 0.25) is 0 Å². The molecular weight excluding hydrogens is 215 g/mol. The maximum atomic E-state index is 5.30. The molecule has 0 aliphatic rings. The van der Waals surface area contributed by atoms with Crippen molar-refractivity contribution >= 4 is 13.9 Å². The zero-order valence-electron chi connectivity index (χ0n) is 9.10. The van der Waals surface area contributed by atoms with Crippen LogP contribution >= 0.6 is 8.58 Å². The summed E-state index contributed by atoms with van der Waals surface area (Å²) in [6.45, 7) is 0. The molecule has 0 fully saturated rings. The Hall–Kier alpha value is -1.33. The summed E-state index contributed by atoms with van der Waals surface area (Å²) in [5.41, 5.74) is 1.13. The highest BCUT2D eigenvalue weighted by Gasteiger charge is 2.02. The van der Waals surface area contributed by atoms with Crippen LogP contribution in [0.15, 0.2) is 54.6 Å². The van der Waals surface area contributed by atoms with Crippen LogP contribution in [0.4, 0.5) is 0 Å². The highest BCUT2D eigenvalue weighted by atomic mass is 31.1. The van der Waals surface area contributed by atoms with Crippen molar-refractivity contribution in [2.45, 2.75) is 0 Å². The van der Waals surface area contributed by atoms with Gasteiger partial charge in [-0.25, -0.2) is 0 Å². The van der Waals surface area contributed by atoms with E-state index in [2.05, 4.69) is 24.4 Å². The second-order valence-corrected chi connectivity index (χ2v) is 4.35. The van der Waals surface area contributed by atoms with E-state index in [1.54, 1.807) is 7.11 Å². The minimum absolute atomic E-state index is 0.513. The molecule has 2 heteroatoms. The van der Waals surface area contributed by atoms with Crippen LogP contribution in [0, 0.1) is 6.16 Å². The van der Waals surface area contributed by atoms with Crippen LogP contribution < -0.4 is 10.0 Å². The Balaban J connectivity index is 2.05. The summed E-state index contributed by atoms with van der Waals surface area (Å²) in [5.74, 6) is 0.935. The molecule has 0 saturated carbocycles. The number of hydrogen-bond acceptors (Lipinski definition) is 1. The molecule has 0 saturated heterocycles. The van der Waals surface area contributed by atoms with Gasteiger partial charge < -0.3 is 4.74 Å². The van der Waals surface area contributed by atoms with Gasteiger partial charge in [0.1, 0.15) is 5.75 Å². The monoisotopic (exact) mass is 228 g/mol. The van der Waals surface area contributed by atoms with Crippen molar-refractivity contribution in [1.29, 1.82) is 0 Å². The molecule has 0 spiro atoms. The van der Waals surface area contributed by atoms with Gasteiger partial charge in [-0.2, -0.15) is 0 Å². The predicted molar refractivity (Wildman–Crippen MR) is 69.7 cm³/mol. The summed E-state index contributed by atoms with van der Waals surface area (Å²) in [6, 6.07) is 18.2. The lowest BCUT2D eigenvalue weighted by molar-refractivity contribution is 0.418. The van der Waals surface area contributed by atoms with Crippen LogP contribution in [-0.4, -0.2) is 7.11 Å². The lowest BCUT2D eigenvalue weighted by Gasteiger charge is -2.07. The molecule has 2 aromatic carbocycles. The Labute approximate surface area is 98.2 Å². The Morgan fingerprint density at radius 1 is 0.938 bits per heavy atom. The van der Waals surface area contributed by atoms with E-state index in [1.165, 1.54) is 5.30 Å². The van der Waals surface area contributed by atoms with Crippen molar-refractivity contribution in [3.05, 3.63) is 66.3 Å². The van der Waals surface area contributed by atoms with Gasteiger partial charge in [-0.1, -0.05) is 57.1 Å². The number of rotatable bonds is 4. The molecule has 0 aliphatic carbocycles. The Morgan fingerprint density at radius 2 is 1.62 bits per heavy atom. The smallest absolute Gasteiger partial charge is 0.126 e. The molecule has 2 radical (unpaired) electrons. The van der Waals surface area contributed by atoms with E-state index >= 15 is 0 Å². The van der Waals surface area contributed by atoms with E-state index in [0.717, 1.165) is 11.3 Å². The quantitative estimate of drug-likeness (QED) is 0.731. The molecule has 16 heavy (non-hydrogen) atoms. The standard InChI is InChI=1S/C14H13OP/c1-15-13-9-5-6-10-14(13)16-11-12-7-3-2-4-8-12/h2-10,16H,1H3. The van der Waals surface area contributed by atoms with Crippen molar-refractivity contribution in [2.24, 2.45) is 0 Å². The maximum Gasteiger partial charge on any atom is 0.126 e. The first-order valence-electron chi connectivity index (χ1n) is 5.10. The van der Waals surface area contributed by atoms with Gasteiger partial charge in [-0.05, 0) is 11.6 Å². The van der Waals surface area contributed by atoms with E-state index in [4.69, 9.17) is 4.74 Å². The first-order valence-corrected chi connectivity index (χ1v) is 6.10. The van der Waals surface area contributed by atoms with Gasteiger partial charge in [0.2, 0.25) is 0 Å². The average Bonchev–Trinajstić information content (AvgIpc) is 2.38.